The monoisotopic (exact) mass is 174 g/mol. The molecule has 0 aliphatic carbocycles. The second-order valence-electron chi connectivity index (χ2n) is 3.41. The van der Waals surface area contributed by atoms with E-state index >= 15 is 0 Å². The molecule has 2 heterocycles. The van der Waals surface area contributed by atoms with E-state index in [1.165, 1.54) is 16.6 Å². The van der Waals surface area contributed by atoms with Gasteiger partial charge in [0.1, 0.15) is 5.65 Å². The molecule has 0 aliphatic rings. The molecule has 0 fully saturated rings. The van der Waals surface area contributed by atoms with Crippen LogP contribution >= 0.6 is 0 Å². The zero-order valence-electron chi connectivity index (χ0n) is 8.33. The summed E-state index contributed by atoms with van der Waals surface area (Å²) in [5.41, 5.74) is 3.74. The number of nitrogens with zero attached hydrogens (tertiary/aromatic N) is 2. The van der Waals surface area contributed by atoms with Crippen LogP contribution in [0.4, 0.5) is 0 Å². The lowest BCUT2D eigenvalue weighted by atomic mass is 10.2. The largest absolute Gasteiger partial charge is 0.333 e. The van der Waals surface area contributed by atoms with Crippen molar-refractivity contribution < 1.29 is 0 Å². The van der Waals surface area contributed by atoms with Crippen LogP contribution in [0.3, 0.4) is 0 Å². The Labute approximate surface area is 78.2 Å². The quantitative estimate of drug-likeness (QED) is 0.649. The van der Waals surface area contributed by atoms with Gasteiger partial charge in [-0.15, -0.1) is 0 Å². The van der Waals surface area contributed by atoms with Crippen LogP contribution in [0.25, 0.3) is 11.0 Å². The van der Waals surface area contributed by atoms with Gasteiger partial charge in [0.05, 0.1) is 0 Å². The van der Waals surface area contributed by atoms with Crippen molar-refractivity contribution >= 4 is 11.0 Å². The first-order valence-electron chi connectivity index (χ1n) is 4.64. The third-order valence-corrected chi connectivity index (χ3v) is 2.61. The highest BCUT2D eigenvalue weighted by molar-refractivity contribution is 5.80. The lowest BCUT2D eigenvalue weighted by molar-refractivity contribution is 0.854. The van der Waals surface area contributed by atoms with Crippen LogP contribution in [0.15, 0.2) is 18.3 Å². The Bertz CT molecular complexity index is 441. The molecule has 0 N–H and O–H groups in total. The summed E-state index contributed by atoms with van der Waals surface area (Å²) in [7, 11) is 2.08. The van der Waals surface area contributed by atoms with Crippen LogP contribution in [0, 0.1) is 6.92 Å². The molecule has 0 saturated carbocycles. The summed E-state index contributed by atoms with van der Waals surface area (Å²) in [5.74, 6) is 0. The van der Waals surface area contributed by atoms with E-state index in [4.69, 9.17) is 0 Å². The number of hydrogen-bond acceptors (Lipinski definition) is 1. The highest BCUT2D eigenvalue weighted by Gasteiger charge is 2.05. The molecule has 0 aliphatic heterocycles. The van der Waals surface area contributed by atoms with Gasteiger partial charge in [-0.3, -0.25) is 0 Å². The molecule has 0 radical (unpaired) electrons. The first-order chi connectivity index (χ1) is 6.24. The van der Waals surface area contributed by atoms with Gasteiger partial charge in [0.2, 0.25) is 0 Å². The molecule has 13 heavy (non-hydrogen) atoms. The summed E-state index contributed by atoms with van der Waals surface area (Å²) in [6.45, 7) is 4.30. The van der Waals surface area contributed by atoms with Crippen LogP contribution in [0.5, 0.6) is 0 Å². The fourth-order valence-electron chi connectivity index (χ4n) is 1.74. The zero-order valence-corrected chi connectivity index (χ0v) is 8.33. The summed E-state index contributed by atoms with van der Waals surface area (Å²) in [6.07, 6.45) is 2.93. The van der Waals surface area contributed by atoms with E-state index in [2.05, 4.69) is 42.6 Å². The van der Waals surface area contributed by atoms with Gasteiger partial charge in [-0.05, 0) is 31.0 Å². The van der Waals surface area contributed by atoms with Crippen LogP contribution in [0.1, 0.15) is 18.2 Å². The van der Waals surface area contributed by atoms with Crippen molar-refractivity contribution in [3.8, 4) is 0 Å². The number of rotatable bonds is 1. The average molecular weight is 174 g/mol. The van der Waals surface area contributed by atoms with Crippen molar-refractivity contribution in [3.63, 3.8) is 0 Å². The SMILES string of the molecule is CCc1cc2c(C)ccnc2n1C. The maximum atomic E-state index is 4.37. The van der Waals surface area contributed by atoms with Crippen LogP contribution in [0.2, 0.25) is 0 Å². The predicted octanol–water partition coefficient (Wildman–Crippen LogP) is 2.44. The van der Waals surface area contributed by atoms with Gasteiger partial charge in [-0.2, -0.15) is 0 Å². The highest BCUT2D eigenvalue weighted by atomic mass is 15.0. The van der Waals surface area contributed by atoms with Crippen molar-refractivity contribution in [2.45, 2.75) is 20.3 Å². The predicted molar refractivity (Wildman–Crippen MR) is 54.8 cm³/mol. The van der Waals surface area contributed by atoms with E-state index in [1.54, 1.807) is 0 Å². The number of fused-ring (bicyclic) bond motifs is 1. The molecule has 2 aromatic rings. The van der Waals surface area contributed by atoms with Gasteiger partial charge >= 0.3 is 0 Å². The third-order valence-electron chi connectivity index (χ3n) is 2.61. The zero-order chi connectivity index (χ0) is 9.42. The molecule has 68 valence electrons. The molecule has 0 bridgehead atoms. The maximum Gasteiger partial charge on any atom is 0.140 e. The second-order valence-corrected chi connectivity index (χ2v) is 3.41. The first-order valence-corrected chi connectivity index (χ1v) is 4.64. The molecular weight excluding hydrogens is 160 g/mol. The average Bonchev–Trinajstić information content (AvgIpc) is 2.45. The van der Waals surface area contributed by atoms with E-state index < -0.39 is 0 Å². The first kappa shape index (κ1) is 8.30. The number of pyridine rings is 1. The molecule has 0 aromatic carbocycles. The number of aromatic nitrogens is 2. The Morgan fingerprint density at radius 1 is 1.46 bits per heavy atom. The minimum Gasteiger partial charge on any atom is -0.333 e. The maximum absolute atomic E-state index is 4.37. The van der Waals surface area contributed by atoms with E-state index in [0.717, 1.165) is 12.1 Å². The second kappa shape index (κ2) is 2.87. The van der Waals surface area contributed by atoms with Gasteiger partial charge in [-0.25, -0.2) is 4.98 Å². The fourth-order valence-corrected chi connectivity index (χ4v) is 1.74. The van der Waals surface area contributed by atoms with Crippen LogP contribution in [-0.4, -0.2) is 9.55 Å². The minimum absolute atomic E-state index is 1.06. The lowest BCUT2D eigenvalue weighted by Crippen LogP contribution is -1.94. The van der Waals surface area contributed by atoms with Gasteiger partial charge in [0.15, 0.2) is 0 Å². The van der Waals surface area contributed by atoms with E-state index in [9.17, 15) is 0 Å². The Kier molecular flexibility index (Phi) is 1.83. The van der Waals surface area contributed by atoms with Gasteiger partial charge in [0.25, 0.3) is 0 Å². The molecule has 0 spiro atoms. The molecule has 0 amide bonds. The molecule has 2 heteroatoms. The molecule has 2 nitrogen and oxygen atoms in total. The third kappa shape index (κ3) is 1.13. The van der Waals surface area contributed by atoms with Crippen molar-refractivity contribution in [1.82, 2.24) is 9.55 Å². The fraction of sp³-hybridized carbons (Fsp3) is 0.364. The summed E-state index contributed by atoms with van der Waals surface area (Å²) < 4.78 is 2.17. The number of hydrogen-bond donors (Lipinski definition) is 0. The standard InChI is InChI=1S/C11H14N2/c1-4-9-7-10-8(2)5-6-12-11(10)13(9)3/h5-7H,4H2,1-3H3. The van der Waals surface area contributed by atoms with Crippen molar-refractivity contribution in [3.05, 3.63) is 29.6 Å². The van der Waals surface area contributed by atoms with E-state index in [0.29, 0.717) is 0 Å². The summed E-state index contributed by atoms with van der Waals surface area (Å²) in [6, 6.07) is 4.29. The molecule has 0 unspecified atom stereocenters. The summed E-state index contributed by atoms with van der Waals surface area (Å²) in [4.78, 5) is 4.37. The Morgan fingerprint density at radius 3 is 2.85 bits per heavy atom. The van der Waals surface area contributed by atoms with Crippen LogP contribution in [-0.2, 0) is 13.5 Å². The van der Waals surface area contributed by atoms with E-state index in [1.807, 2.05) is 6.20 Å². The Morgan fingerprint density at radius 2 is 2.23 bits per heavy atom. The van der Waals surface area contributed by atoms with Crippen molar-refractivity contribution in [2.24, 2.45) is 7.05 Å². The minimum atomic E-state index is 1.06. The molecule has 0 saturated heterocycles. The van der Waals surface area contributed by atoms with Gasteiger partial charge in [0, 0.05) is 24.3 Å². The number of aryl methyl sites for hydroxylation is 3. The summed E-state index contributed by atoms with van der Waals surface area (Å²) >= 11 is 0. The normalized spacial score (nSPS) is 11.0. The smallest absolute Gasteiger partial charge is 0.140 e. The van der Waals surface area contributed by atoms with Crippen molar-refractivity contribution in [2.75, 3.05) is 0 Å². The lowest BCUT2D eigenvalue weighted by Gasteiger charge is -1.99. The molecule has 2 aromatic heterocycles. The van der Waals surface area contributed by atoms with Crippen LogP contribution < -0.4 is 0 Å². The van der Waals surface area contributed by atoms with Gasteiger partial charge in [-0.1, -0.05) is 6.92 Å². The molecule has 2 rings (SSSR count). The molecule has 0 atom stereocenters. The summed E-state index contributed by atoms with van der Waals surface area (Å²) in [5, 5.41) is 1.28. The van der Waals surface area contributed by atoms with Gasteiger partial charge < -0.3 is 4.57 Å². The Hall–Kier alpha value is -1.31. The molecular formula is C11H14N2. The van der Waals surface area contributed by atoms with E-state index in [-0.39, 0.29) is 0 Å². The topological polar surface area (TPSA) is 17.8 Å². The van der Waals surface area contributed by atoms with Crippen molar-refractivity contribution in [1.29, 1.82) is 0 Å². The highest BCUT2D eigenvalue weighted by Crippen LogP contribution is 2.19. The Balaban J connectivity index is 2.83.